The molecule has 4 rings (SSSR count). The molecule has 3 heterocycles. The van der Waals surface area contributed by atoms with Gasteiger partial charge in [-0.3, -0.25) is 15.0 Å². The van der Waals surface area contributed by atoms with E-state index in [0.29, 0.717) is 6.54 Å². The minimum absolute atomic E-state index is 0.280. The van der Waals surface area contributed by atoms with Crippen LogP contribution in [0.4, 0.5) is 0 Å². The molecule has 2 aromatic rings. The highest BCUT2D eigenvalue weighted by Crippen LogP contribution is 2.40. The standard InChI is InChI=1S/C20H18BrN5/c1-20-8-7-15(21)11-17(20)25-18(14-5-4-9-22-12-14)26-19(20)24-13-16-6-2-3-10-23-16/h2-7,9-12H,8,13H2,1H3,(H,24,25,26). The first-order valence-electron chi connectivity index (χ1n) is 8.44. The fourth-order valence-electron chi connectivity index (χ4n) is 3.04. The normalized spacial score (nSPS) is 23.5. The lowest BCUT2D eigenvalue weighted by Crippen LogP contribution is -2.45. The molecule has 1 aliphatic carbocycles. The number of pyridine rings is 2. The van der Waals surface area contributed by atoms with E-state index in [1.54, 1.807) is 18.6 Å². The minimum atomic E-state index is -0.280. The molecule has 0 fully saturated rings. The maximum Gasteiger partial charge on any atom is 0.141 e. The van der Waals surface area contributed by atoms with Crippen molar-refractivity contribution in [2.24, 2.45) is 15.4 Å². The van der Waals surface area contributed by atoms with Crippen molar-refractivity contribution >= 4 is 27.6 Å². The Labute approximate surface area is 160 Å². The summed E-state index contributed by atoms with van der Waals surface area (Å²) in [5.74, 6) is 1.58. The van der Waals surface area contributed by atoms with E-state index < -0.39 is 0 Å². The van der Waals surface area contributed by atoms with E-state index >= 15 is 0 Å². The highest BCUT2D eigenvalue weighted by atomic mass is 79.9. The Kier molecular flexibility index (Phi) is 4.51. The van der Waals surface area contributed by atoms with Crippen LogP contribution in [-0.4, -0.2) is 21.6 Å². The van der Waals surface area contributed by atoms with Crippen molar-refractivity contribution in [2.75, 3.05) is 0 Å². The number of fused-ring (bicyclic) bond motifs is 1. The van der Waals surface area contributed by atoms with Crippen molar-refractivity contribution in [3.63, 3.8) is 0 Å². The van der Waals surface area contributed by atoms with Gasteiger partial charge in [-0.05, 0) is 43.7 Å². The number of aliphatic imine (C=N–C) groups is 2. The number of nitrogens with zero attached hydrogens (tertiary/aromatic N) is 4. The molecule has 0 amide bonds. The molecule has 5 nitrogen and oxygen atoms in total. The van der Waals surface area contributed by atoms with Gasteiger partial charge in [0.1, 0.15) is 11.7 Å². The Morgan fingerprint density at radius 1 is 1.23 bits per heavy atom. The van der Waals surface area contributed by atoms with Crippen LogP contribution in [0.25, 0.3) is 0 Å². The molecule has 0 radical (unpaired) electrons. The molecule has 0 saturated heterocycles. The highest BCUT2D eigenvalue weighted by molar-refractivity contribution is 9.11. The first kappa shape index (κ1) is 16.8. The monoisotopic (exact) mass is 407 g/mol. The molecule has 1 aliphatic heterocycles. The van der Waals surface area contributed by atoms with Crippen molar-refractivity contribution in [1.29, 1.82) is 0 Å². The van der Waals surface area contributed by atoms with Crippen LogP contribution in [0.1, 0.15) is 24.6 Å². The second kappa shape index (κ2) is 6.96. The molecule has 26 heavy (non-hydrogen) atoms. The number of nitrogens with one attached hydrogen (secondary N) is 1. The molecule has 0 bridgehead atoms. The zero-order valence-corrected chi connectivity index (χ0v) is 15.9. The van der Waals surface area contributed by atoms with Crippen molar-refractivity contribution in [3.8, 4) is 0 Å². The number of allylic oxidation sites excluding steroid dienone is 3. The van der Waals surface area contributed by atoms with Crippen LogP contribution in [0, 0.1) is 5.41 Å². The summed E-state index contributed by atoms with van der Waals surface area (Å²) in [6.45, 7) is 2.68. The van der Waals surface area contributed by atoms with Gasteiger partial charge in [-0.2, -0.15) is 0 Å². The molecular weight excluding hydrogens is 390 g/mol. The number of hydrogen-bond donors (Lipinski definition) is 1. The fourth-order valence-corrected chi connectivity index (χ4v) is 3.43. The van der Waals surface area contributed by atoms with Gasteiger partial charge in [-0.1, -0.05) is 28.1 Å². The summed E-state index contributed by atoms with van der Waals surface area (Å²) >= 11 is 3.59. The van der Waals surface area contributed by atoms with Crippen LogP contribution in [0.2, 0.25) is 0 Å². The van der Waals surface area contributed by atoms with Crippen LogP contribution in [-0.2, 0) is 6.54 Å². The summed E-state index contributed by atoms with van der Waals surface area (Å²) in [5.41, 5.74) is 2.67. The smallest absolute Gasteiger partial charge is 0.141 e. The molecule has 2 aliphatic rings. The summed E-state index contributed by atoms with van der Waals surface area (Å²) < 4.78 is 1.06. The Balaban J connectivity index is 1.76. The second-order valence-electron chi connectivity index (χ2n) is 6.47. The van der Waals surface area contributed by atoms with Gasteiger partial charge >= 0.3 is 0 Å². The number of halogens is 1. The predicted octanol–water partition coefficient (Wildman–Crippen LogP) is 4.00. The predicted molar refractivity (Wildman–Crippen MR) is 107 cm³/mol. The number of rotatable bonds is 3. The molecule has 0 saturated carbocycles. The average molecular weight is 408 g/mol. The quantitative estimate of drug-likeness (QED) is 0.835. The largest absolute Gasteiger partial charge is 0.342 e. The third-order valence-electron chi connectivity index (χ3n) is 4.60. The molecule has 1 unspecified atom stereocenters. The first-order chi connectivity index (χ1) is 12.6. The van der Waals surface area contributed by atoms with Gasteiger partial charge in [-0.15, -0.1) is 0 Å². The summed E-state index contributed by atoms with van der Waals surface area (Å²) in [5, 5.41) is 3.47. The molecule has 6 heteroatoms. The van der Waals surface area contributed by atoms with E-state index in [1.165, 1.54) is 0 Å². The topological polar surface area (TPSA) is 62.5 Å². The zero-order chi connectivity index (χ0) is 18.0. The SMILES string of the molecule is CC12CC=C(Br)C=C1NC(c1cccnc1)=NC2=NCc1ccccn1. The third kappa shape index (κ3) is 3.24. The highest BCUT2D eigenvalue weighted by Gasteiger charge is 2.40. The maximum absolute atomic E-state index is 4.85. The van der Waals surface area contributed by atoms with Crippen LogP contribution in [0.15, 0.2) is 81.2 Å². The van der Waals surface area contributed by atoms with E-state index in [1.807, 2.05) is 30.3 Å². The lowest BCUT2D eigenvalue weighted by atomic mass is 9.78. The molecule has 0 spiro atoms. The van der Waals surface area contributed by atoms with Gasteiger partial charge in [-0.25, -0.2) is 4.99 Å². The lowest BCUT2D eigenvalue weighted by Gasteiger charge is -2.38. The van der Waals surface area contributed by atoms with Gasteiger partial charge in [0.15, 0.2) is 0 Å². The van der Waals surface area contributed by atoms with Crippen molar-refractivity contribution in [2.45, 2.75) is 19.9 Å². The molecule has 2 aromatic heterocycles. The van der Waals surface area contributed by atoms with E-state index in [9.17, 15) is 0 Å². The van der Waals surface area contributed by atoms with E-state index in [4.69, 9.17) is 9.98 Å². The van der Waals surface area contributed by atoms with Crippen molar-refractivity contribution in [1.82, 2.24) is 15.3 Å². The van der Waals surface area contributed by atoms with E-state index in [2.05, 4.69) is 50.3 Å². The van der Waals surface area contributed by atoms with Crippen LogP contribution in [0.5, 0.6) is 0 Å². The van der Waals surface area contributed by atoms with Gasteiger partial charge in [0.25, 0.3) is 0 Å². The average Bonchev–Trinajstić information content (AvgIpc) is 2.68. The lowest BCUT2D eigenvalue weighted by molar-refractivity contribution is 0.519. The van der Waals surface area contributed by atoms with Crippen molar-refractivity contribution < 1.29 is 0 Å². The second-order valence-corrected chi connectivity index (χ2v) is 7.39. The Hall–Kier alpha value is -2.60. The van der Waals surface area contributed by atoms with Gasteiger partial charge in [0.2, 0.25) is 0 Å². The van der Waals surface area contributed by atoms with E-state index in [-0.39, 0.29) is 5.41 Å². The molecule has 0 aromatic carbocycles. The maximum atomic E-state index is 4.85. The Morgan fingerprint density at radius 3 is 2.92 bits per heavy atom. The first-order valence-corrected chi connectivity index (χ1v) is 9.23. The van der Waals surface area contributed by atoms with Crippen LogP contribution < -0.4 is 5.32 Å². The summed E-state index contributed by atoms with van der Waals surface area (Å²) in [6, 6.07) is 9.76. The van der Waals surface area contributed by atoms with Crippen LogP contribution >= 0.6 is 15.9 Å². The Bertz CT molecular complexity index is 931. The molecule has 1 atom stereocenters. The van der Waals surface area contributed by atoms with Gasteiger partial charge < -0.3 is 5.32 Å². The number of hydrogen-bond acceptors (Lipinski definition) is 4. The summed E-state index contributed by atoms with van der Waals surface area (Å²) in [7, 11) is 0. The minimum Gasteiger partial charge on any atom is -0.342 e. The molecule has 1 N–H and O–H groups in total. The van der Waals surface area contributed by atoms with Crippen molar-refractivity contribution in [3.05, 3.63) is 82.5 Å². The van der Waals surface area contributed by atoms with Gasteiger partial charge in [0.05, 0.1) is 17.7 Å². The van der Waals surface area contributed by atoms with E-state index in [0.717, 1.165) is 39.5 Å². The summed E-state index contributed by atoms with van der Waals surface area (Å²) in [4.78, 5) is 18.2. The zero-order valence-electron chi connectivity index (χ0n) is 14.4. The Morgan fingerprint density at radius 2 is 2.15 bits per heavy atom. The summed E-state index contributed by atoms with van der Waals surface area (Å²) in [6.07, 6.45) is 10.4. The van der Waals surface area contributed by atoms with Crippen LogP contribution in [0.3, 0.4) is 0 Å². The third-order valence-corrected chi connectivity index (χ3v) is 5.15. The number of aromatic nitrogens is 2. The number of amidine groups is 2. The fraction of sp³-hybridized carbons (Fsp3) is 0.200. The molecule has 130 valence electrons. The molecular formula is C20H18BrN5. The van der Waals surface area contributed by atoms with Gasteiger partial charge in [0, 0.05) is 34.3 Å².